The number of fused-ring (bicyclic) bond motifs is 1. The standard InChI is InChI=1S/C24H28ClF3N4O2/c1-2-14-3-7-17(8-4-14)31-10-9-30(13-19(31)33)23(34)20-21(25)32-12-16(15-5-6-15)11-18(22(32)29-20)24(26,27)28/h11-12,14-15,17H,2-10,13H2,1H3. The normalized spacial score (nSPS) is 24.2. The molecule has 0 spiro atoms. The Bertz CT molecular complexity index is 1120. The van der Waals surface area contributed by atoms with Gasteiger partial charge < -0.3 is 9.80 Å². The molecule has 2 amide bonds. The minimum absolute atomic E-state index is 0.0706. The molecule has 3 aliphatic rings. The molecule has 0 aromatic carbocycles. The molecule has 2 aromatic heterocycles. The van der Waals surface area contributed by atoms with E-state index in [1.54, 1.807) is 6.20 Å². The molecule has 10 heteroatoms. The number of hydrogen-bond acceptors (Lipinski definition) is 3. The number of halogens is 4. The molecular weight excluding hydrogens is 469 g/mol. The van der Waals surface area contributed by atoms with E-state index in [0.717, 1.165) is 55.4 Å². The van der Waals surface area contributed by atoms with Gasteiger partial charge >= 0.3 is 6.18 Å². The summed E-state index contributed by atoms with van der Waals surface area (Å²) in [5.74, 6) is 0.0403. The van der Waals surface area contributed by atoms with Gasteiger partial charge in [0.2, 0.25) is 5.91 Å². The van der Waals surface area contributed by atoms with E-state index < -0.39 is 17.6 Å². The van der Waals surface area contributed by atoms with Crippen molar-refractivity contribution in [2.75, 3.05) is 19.6 Å². The van der Waals surface area contributed by atoms with Crippen LogP contribution in [0.3, 0.4) is 0 Å². The Kier molecular flexibility index (Phi) is 6.02. The predicted molar refractivity (Wildman–Crippen MR) is 121 cm³/mol. The highest BCUT2D eigenvalue weighted by Crippen LogP contribution is 2.43. The van der Waals surface area contributed by atoms with Crippen LogP contribution in [0.2, 0.25) is 5.15 Å². The maximum absolute atomic E-state index is 13.8. The van der Waals surface area contributed by atoms with Crippen LogP contribution in [0.4, 0.5) is 13.2 Å². The van der Waals surface area contributed by atoms with E-state index >= 15 is 0 Å². The number of amides is 2. The quantitative estimate of drug-likeness (QED) is 0.589. The number of aromatic nitrogens is 2. The van der Waals surface area contributed by atoms with E-state index in [9.17, 15) is 22.8 Å². The molecular formula is C24H28ClF3N4O2. The monoisotopic (exact) mass is 496 g/mol. The number of imidazole rings is 1. The smallest absolute Gasteiger partial charge is 0.336 e. The number of pyridine rings is 1. The van der Waals surface area contributed by atoms with Gasteiger partial charge in [0.1, 0.15) is 11.7 Å². The maximum Gasteiger partial charge on any atom is 0.419 e. The van der Waals surface area contributed by atoms with E-state index in [1.165, 1.54) is 4.90 Å². The average Bonchev–Trinajstić information content (AvgIpc) is 3.61. The molecule has 0 bridgehead atoms. The Hall–Kier alpha value is -2.29. The minimum atomic E-state index is -4.63. The van der Waals surface area contributed by atoms with Gasteiger partial charge in [-0.25, -0.2) is 4.98 Å². The van der Waals surface area contributed by atoms with Gasteiger partial charge in [0, 0.05) is 25.3 Å². The average molecular weight is 497 g/mol. The molecule has 1 aliphatic heterocycles. The summed E-state index contributed by atoms with van der Waals surface area (Å²) in [4.78, 5) is 33.3. The number of hydrogen-bond donors (Lipinski definition) is 0. The molecule has 2 saturated carbocycles. The van der Waals surface area contributed by atoms with Crippen LogP contribution in [-0.4, -0.2) is 56.7 Å². The van der Waals surface area contributed by atoms with Gasteiger partial charge in [0.25, 0.3) is 5.91 Å². The highest BCUT2D eigenvalue weighted by Gasteiger charge is 2.39. The van der Waals surface area contributed by atoms with Crippen LogP contribution in [0, 0.1) is 5.92 Å². The van der Waals surface area contributed by atoms with Gasteiger partial charge in [-0.2, -0.15) is 13.2 Å². The summed E-state index contributed by atoms with van der Waals surface area (Å²) in [7, 11) is 0. The van der Waals surface area contributed by atoms with Crippen molar-refractivity contribution in [3.8, 4) is 0 Å². The van der Waals surface area contributed by atoms with E-state index in [1.807, 2.05) is 4.90 Å². The molecule has 34 heavy (non-hydrogen) atoms. The Morgan fingerprint density at radius 1 is 1.15 bits per heavy atom. The highest BCUT2D eigenvalue weighted by molar-refractivity contribution is 6.33. The number of carbonyl (C=O) groups is 2. The Morgan fingerprint density at radius 3 is 2.44 bits per heavy atom. The van der Waals surface area contributed by atoms with Crippen molar-refractivity contribution in [3.05, 3.63) is 34.2 Å². The second-order valence-corrected chi connectivity index (χ2v) is 10.2. The fourth-order valence-corrected chi connectivity index (χ4v) is 5.64. The first-order chi connectivity index (χ1) is 16.2. The lowest BCUT2D eigenvalue weighted by molar-refractivity contribution is -0.138. The summed E-state index contributed by atoms with van der Waals surface area (Å²) < 4.78 is 42.4. The van der Waals surface area contributed by atoms with Crippen molar-refractivity contribution in [2.45, 2.75) is 70.0 Å². The third kappa shape index (κ3) is 4.27. The first kappa shape index (κ1) is 23.5. The summed E-state index contributed by atoms with van der Waals surface area (Å²) >= 11 is 6.39. The SMILES string of the molecule is CCC1CCC(N2CCN(C(=O)c3nc4c(C(F)(F)F)cc(C5CC5)cn4c3Cl)CC2=O)CC1. The predicted octanol–water partition coefficient (Wildman–Crippen LogP) is 5.14. The van der Waals surface area contributed by atoms with E-state index in [2.05, 4.69) is 11.9 Å². The van der Waals surface area contributed by atoms with Crippen molar-refractivity contribution in [1.82, 2.24) is 19.2 Å². The molecule has 0 radical (unpaired) electrons. The highest BCUT2D eigenvalue weighted by atomic mass is 35.5. The lowest BCUT2D eigenvalue weighted by Gasteiger charge is -2.41. The fourth-order valence-electron chi connectivity index (χ4n) is 5.38. The molecule has 0 atom stereocenters. The second-order valence-electron chi connectivity index (χ2n) is 9.80. The second kappa shape index (κ2) is 8.73. The molecule has 2 aromatic rings. The van der Waals surface area contributed by atoms with Crippen LogP contribution in [0.5, 0.6) is 0 Å². The van der Waals surface area contributed by atoms with Gasteiger partial charge in [-0.3, -0.25) is 14.0 Å². The van der Waals surface area contributed by atoms with E-state index in [-0.39, 0.29) is 40.9 Å². The molecule has 2 aliphatic carbocycles. The molecule has 0 N–H and O–H groups in total. The third-order valence-electron chi connectivity index (χ3n) is 7.62. The summed E-state index contributed by atoms with van der Waals surface area (Å²) in [6, 6.07) is 1.31. The summed E-state index contributed by atoms with van der Waals surface area (Å²) in [6.07, 6.45) is 3.88. The molecule has 0 unspecified atom stereocenters. The fraction of sp³-hybridized carbons (Fsp3) is 0.625. The number of piperazine rings is 1. The van der Waals surface area contributed by atoms with Crippen LogP contribution in [0.25, 0.3) is 5.65 Å². The zero-order chi connectivity index (χ0) is 24.2. The summed E-state index contributed by atoms with van der Waals surface area (Å²) in [6.45, 7) is 2.80. The summed E-state index contributed by atoms with van der Waals surface area (Å²) in [5.41, 5.74) is -0.992. The Morgan fingerprint density at radius 2 is 1.85 bits per heavy atom. The first-order valence-electron chi connectivity index (χ1n) is 12.0. The molecule has 3 fully saturated rings. The van der Waals surface area contributed by atoms with Crippen LogP contribution in [0.1, 0.15) is 79.4 Å². The molecule has 5 rings (SSSR count). The minimum Gasteiger partial charge on any atom is -0.336 e. The van der Waals surface area contributed by atoms with Gasteiger partial charge in [0.05, 0.1) is 5.56 Å². The van der Waals surface area contributed by atoms with Gasteiger partial charge in [-0.15, -0.1) is 0 Å². The van der Waals surface area contributed by atoms with Crippen LogP contribution in [-0.2, 0) is 11.0 Å². The number of alkyl halides is 3. The van der Waals surface area contributed by atoms with Crippen molar-refractivity contribution in [3.63, 3.8) is 0 Å². The van der Waals surface area contributed by atoms with E-state index in [0.29, 0.717) is 24.6 Å². The number of rotatable bonds is 4. The van der Waals surface area contributed by atoms with Gasteiger partial charge in [-0.05, 0) is 62.0 Å². The lowest BCUT2D eigenvalue weighted by Crippen LogP contribution is -2.56. The van der Waals surface area contributed by atoms with Crippen molar-refractivity contribution >= 4 is 29.1 Å². The van der Waals surface area contributed by atoms with Gasteiger partial charge in [0.15, 0.2) is 11.3 Å². The largest absolute Gasteiger partial charge is 0.419 e. The topological polar surface area (TPSA) is 57.9 Å². The summed E-state index contributed by atoms with van der Waals surface area (Å²) in [5, 5.41) is -0.152. The lowest BCUT2D eigenvalue weighted by atomic mass is 9.83. The maximum atomic E-state index is 13.8. The Balaban J connectivity index is 1.37. The molecule has 184 valence electrons. The first-order valence-corrected chi connectivity index (χ1v) is 12.4. The van der Waals surface area contributed by atoms with Crippen molar-refractivity contribution in [1.29, 1.82) is 0 Å². The van der Waals surface area contributed by atoms with Crippen molar-refractivity contribution < 1.29 is 22.8 Å². The Labute approximate surface area is 201 Å². The zero-order valence-electron chi connectivity index (χ0n) is 19.1. The van der Waals surface area contributed by atoms with Crippen LogP contribution < -0.4 is 0 Å². The third-order valence-corrected chi connectivity index (χ3v) is 7.98. The number of nitrogens with zero attached hydrogens (tertiary/aromatic N) is 4. The number of carbonyl (C=O) groups excluding carboxylic acids is 2. The zero-order valence-corrected chi connectivity index (χ0v) is 19.8. The van der Waals surface area contributed by atoms with Crippen LogP contribution >= 0.6 is 11.6 Å². The van der Waals surface area contributed by atoms with Crippen molar-refractivity contribution in [2.24, 2.45) is 5.92 Å². The van der Waals surface area contributed by atoms with Gasteiger partial charge in [-0.1, -0.05) is 24.9 Å². The molecule has 3 heterocycles. The van der Waals surface area contributed by atoms with Crippen LogP contribution in [0.15, 0.2) is 12.3 Å². The van der Waals surface area contributed by atoms with E-state index in [4.69, 9.17) is 11.6 Å². The molecule has 1 saturated heterocycles. The molecule has 6 nitrogen and oxygen atoms in total.